The van der Waals surface area contributed by atoms with E-state index in [1.54, 1.807) is 6.08 Å². The number of rotatable bonds is 2. The van der Waals surface area contributed by atoms with Crippen LogP contribution in [0.4, 0.5) is 0 Å². The molecule has 5 rings (SSSR count). The molecule has 0 radical (unpaired) electrons. The molecule has 0 amide bonds. The fourth-order valence-electron chi connectivity index (χ4n) is 6.45. The average Bonchev–Trinajstić information content (AvgIpc) is 3.39. The summed E-state index contributed by atoms with van der Waals surface area (Å²) in [5.41, 5.74) is -1.45. The molecule has 0 aromatic carbocycles. The van der Waals surface area contributed by atoms with E-state index in [2.05, 4.69) is 7.05 Å². The lowest BCUT2D eigenvalue weighted by molar-refractivity contribution is -0.955. The van der Waals surface area contributed by atoms with Gasteiger partial charge in [-0.1, -0.05) is 6.08 Å². The molecule has 27 heavy (non-hydrogen) atoms. The van der Waals surface area contributed by atoms with Gasteiger partial charge in [0.05, 0.1) is 32.1 Å². The first-order valence-electron chi connectivity index (χ1n) is 9.83. The first-order valence-corrected chi connectivity index (χ1v) is 9.83. The van der Waals surface area contributed by atoms with E-state index in [1.807, 2.05) is 6.08 Å². The van der Waals surface area contributed by atoms with Crippen LogP contribution in [0.3, 0.4) is 0 Å². The zero-order valence-corrected chi connectivity index (χ0v) is 17.3. The Kier molecular flexibility index (Phi) is 4.23. The molecule has 0 aromatic rings. The largest absolute Gasteiger partial charge is 0.844 e. The molecule has 6 heteroatoms. The maximum absolute atomic E-state index is 14.4. The predicted octanol–water partition coefficient (Wildman–Crippen LogP) is 1.30. The Morgan fingerprint density at radius 3 is 2.63 bits per heavy atom. The summed E-state index contributed by atoms with van der Waals surface area (Å²) in [4.78, 5) is 37.3. The van der Waals surface area contributed by atoms with Crippen molar-refractivity contribution in [1.29, 1.82) is 0 Å². The maximum Gasteiger partial charge on any atom is 0.222 e. The number of likely N-dealkylation sites (N-methyl/N-ethyl adjacent to an activating group) is 1. The second-order valence-corrected chi connectivity index (χ2v) is 9.45. The molecule has 0 spiro atoms. The molecule has 5 atom stereocenters. The number of Topliss-reactive ketones (excluding diaryl/α,β-unsaturated/α-hetero) is 2. The minimum Gasteiger partial charge on any atom is -0.844 e. The minimum atomic E-state index is -1.34. The Bertz CT molecular complexity index is 800. The van der Waals surface area contributed by atoms with Crippen LogP contribution in [-0.2, 0) is 14.4 Å². The molecule has 1 aliphatic heterocycles. The Labute approximate surface area is 169 Å². The lowest BCUT2D eigenvalue weighted by Gasteiger charge is -2.72. The number of fused-ring (bicyclic) bond motifs is 1. The summed E-state index contributed by atoms with van der Waals surface area (Å²) in [7, 11) is 2.18. The number of quaternary nitrogens is 1. The molecular formula is C21H26BrNO4. The van der Waals surface area contributed by atoms with Gasteiger partial charge in [0.1, 0.15) is 5.78 Å². The highest BCUT2D eigenvalue weighted by atomic mass is 79.9. The Morgan fingerprint density at radius 2 is 1.93 bits per heavy atom. The first-order chi connectivity index (χ1) is 12.3. The van der Waals surface area contributed by atoms with Gasteiger partial charge in [0.2, 0.25) is 11.6 Å². The fourth-order valence-corrected chi connectivity index (χ4v) is 6.45. The van der Waals surface area contributed by atoms with Gasteiger partial charge in [-0.3, -0.25) is 14.4 Å². The number of nitrogens with zero attached hydrogens (tertiary/aromatic N) is 1. The van der Waals surface area contributed by atoms with E-state index in [9.17, 15) is 19.5 Å². The first kappa shape index (κ1) is 19.2. The topological polar surface area (TPSA) is 74.3 Å². The molecule has 5 nitrogen and oxygen atoms in total. The smallest absolute Gasteiger partial charge is 0.222 e. The van der Waals surface area contributed by atoms with Gasteiger partial charge in [0.15, 0.2) is 0 Å². The second-order valence-electron chi connectivity index (χ2n) is 9.45. The molecule has 4 aliphatic carbocycles. The normalized spacial score (nSPS) is 45.6. The van der Waals surface area contributed by atoms with Crippen LogP contribution in [0.2, 0.25) is 0 Å². The van der Waals surface area contributed by atoms with Crippen LogP contribution in [0, 0.1) is 17.3 Å². The summed E-state index contributed by atoms with van der Waals surface area (Å²) in [5, 5.41) is 14.4. The molecule has 5 aliphatic rings. The van der Waals surface area contributed by atoms with Crippen molar-refractivity contribution < 1.29 is 24.0 Å². The minimum absolute atomic E-state index is 0. The van der Waals surface area contributed by atoms with E-state index >= 15 is 0 Å². The van der Waals surface area contributed by atoms with Crippen LogP contribution < -0.4 is 5.11 Å². The number of halogens is 1. The Hall–Kier alpha value is -1.11. The highest BCUT2D eigenvalue weighted by Gasteiger charge is 2.67. The van der Waals surface area contributed by atoms with Crippen LogP contribution >= 0.6 is 17.0 Å². The van der Waals surface area contributed by atoms with Crippen LogP contribution in [0.15, 0.2) is 23.8 Å². The van der Waals surface area contributed by atoms with Crippen LogP contribution in [0.1, 0.15) is 38.5 Å². The van der Waals surface area contributed by atoms with Crippen molar-refractivity contribution in [3.05, 3.63) is 23.8 Å². The molecule has 0 N–H and O–H groups in total. The quantitative estimate of drug-likeness (QED) is 0.483. The third kappa shape index (κ3) is 2.45. The summed E-state index contributed by atoms with van der Waals surface area (Å²) >= 11 is 0. The number of hydrogen-bond acceptors (Lipinski definition) is 4. The highest BCUT2D eigenvalue weighted by molar-refractivity contribution is 8.93. The lowest BCUT2D eigenvalue weighted by Crippen LogP contribution is -2.82. The van der Waals surface area contributed by atoms with E-state index < -0.39 is 28.5 Å². The van der Waals surface area contributed by atoms with E-state index in [-0.39, 0.29) is 35.2 Å². The zero-order chi connectivity index (χ0) is 18.3. The molecule has 2 bridgehead atoms. The Morgan fingerprint density at radius 1 is 1.19 bits per heavy atom. The number of likely N-dealkylation sites (tertiary alicyclic amines) is 1. The summed E-state index contributed by atoms with van der Waals surface area (Å²) in [6.07, 6.45) is 8.87. The van der Waals surface area contributed by atoms with E-state index in [4.69, 9.17) is 0 Å². The van der Waals surface area contributed by atoms with Crippen molar-refractivity contribution in [2.45, 2.75) is 50.2 Å². The second kappa shape index (κ2) is 5.94. The number of hydrogen-bond donors (Lipinski definition) is 0. The predicted molar refractivity (Wildman–Crippen MR) is 102 cm³/mol. The molecule has 1 heterocycles. The molecule has 1 saturated heterocycles. The third-order valence-electron chi connectivity index (χ3n) is 7.89. The molecule has 0 aromatic heterocycles. The summed E-state index contributed by atoms with van der Waals surface area (Å²) in [6, 6.07) is -0.221. The van der Waals surface area contributed by atoms with Gasteiger partial charge in [0.25, 0.3) is 0 Å². The number of carbonyl (C=O) groups is 3. The number of allylic oxidation sites excluding steroid dienone is 3. The highest BCUT2D eigenvalue weighted by Crippen LogP contribution is 2.61. The molecule has 2 saturated carbocycles. The average molecular weight is 436 g/mol. The van der Waals surface area contributed by atoms with Crippen LogP contribution in [0.25, 0.3) is 0 Å². The van der Waals surface area contributed by atoms with Crippen molar-refractivity contribution in [3.8, 4) is 0 Å². The SMILES string of the molecule is Br.C[N+]1(CC2CC2)CCC23CC(=O)CC[C@@]2([O-])[C@H]1C=C1C=CC(=O)C(=O)C13. The van der Waals surface area contributed by atoms with Gasteiger partial charge >= 0.3 is 0 Å². The van der Waals surface area contributed by atoms with Crippen molar-refractivity contribution in [2.75, 3.05) is 20.1 Å². The van der Waals surface area contributed by atoms with Gasteiger partial charge < -0.3 is 9.59 Å². The molecular weight excluding hydrogens is 410 g/mol. The Balaban J connectivity index is 0.00000180. The molecule has 3 fully saturated rings. The van der Waals surface area contributed by atoms with E-state index in [0.717, 1.165) is 23.1 Å². The maximum atomic E-state index is 14.4. The van der Waals surface area contributed by atoms with Crippen molar-refractivity contribution >= 4 is 34.3 Å². The summed E-state index contributed by atoms with van der Waals surface area (Å²) in [6.45, 7) is 1.81. The van der Waals surface area contributed by atoms with Crippen molar-refractivity contribution in [3.63, 3.8) is 0 Å². The lowest BCUT2D eigenvalue weighted by atomic mass is 9.45. The number of piperidine rings is 1. The van der Waals surface area contributed by atoms with Crippen LogP contribution in [0.5, 0.6) is 0 Å². The number of ketones is 3. The van der Waals surface area contributed by atoms with Gasteiger partial charge in [-0.2, -0.15) is 0 Å². The summed E-state index contributed by atoms with van der Waals surface area (Å²) in [5.74, 6) is -0.952. The zero-order valence-electron chi connectivity index (χ0n) is 15.6. The van der Waals surface area contributed by atoms with Gasteiger partial charge in [-0.15, -0.1) is 17.0 Å². The van der Waals surface area contributed by atoms with Gasteiger partial charge in [-0.05, 0) is 48.0 Å². The molecule has 146 valence electrons. The molecule has 3 unspecified atom stereocenters. The summed E-state index contributed by atoms with van der Waals surface area (Å²) < 4.78 is 0.719. The standard InChI is InChI=1S/C21H25NO4.BrH/c1-22(12-13-2-3-13)9-8-20-11-15(23)6-7-21(20,26)17(22)10-14-4-5-16(24)19(25)18(14)20;/h4-5,10,13,17-18H,2-3,6-9,11-12H2,1H3;1H/t17-,18?,20?,21-,22?;/m1./s1. The fraction of sp³-hybridized carbons (Fsp3) is 0.667. The van der Waals surface area contributed by atoms with Crippen LogP contribution in [-0.4, -0.2) is 53.6 Å². The number of carbonyl (C=O) groups excluding carboxylic acids is 3. The van der Waals surface area contributed by atoms with Gasteiger partial charge in [0, 0.05) is 25.2 Å². The third-order valence-corrected chi connectivity index (χ3v) is 7.89. The van der Waals surface area contributed by atoms with Crippen molar-refractivity contribution in [1.82, 2.24) is 0 Å². The van der Waals surface area contributed by atoms with Crippen molar-refractivity contribution in [2.24, 2.45) is 17.3 Å². The monoisotopic (exact) mass is 435 g/mol. The van der Waals surface area contributed by atoms with Gasteiger partial charge in [-0.25, -0.2) is 0 Å². The van der Waals surface area contributed by atoms with E-state index in [0.29, 0.717) is 25.2 Å². The van der Waals surface area contributed by atoms with E-state index in [1.165, 1.54) is 18.9 Å².